The lowest BCUT2D eigenvalue weighted by Crippen LogP contribution is -2.43. The normalized spacial score (nSPS) is 13.1. The van der Waals surface area contributed by atoms with Crippen LogP contribution in [0.5, 0.6) is 0 Å². The summed E-state index contributed by atoms with van der Waals surface area (Å²) in [5.41, 5.74) is 5.77. The summed E-state index contributed by atoms with van der Waals surface area (Å²) in [5.74, 6) is -0.544. The second-order valence-corrected chi connectivity index (χ2v) is 7.06. The maximum absolute atomic E-state index is 12.6. The van der Waals surface area contributed by atoms with Crippen LogP contribution < -0.4 is 5.32 Å². The number of aromatic amines is 1. The van der Waals surface area contributed by atoms with Gasteiger partial charge in [0.25, 0.3) is 0 Å². The lowest BCUT2D eigenvalue weighted by Gasteiger charge is -2.18. The Morgan fingerprint density at radius 2 is 1.85 bits per heavy atom. The van der Waals surface area contributed by atoms with E-state index in [1.165, 1.54) is 18.2 Å². The highest BCUT2D eigenvalue weighted by atomic mass is 16.5. The minimum atomic E-state index is -0.685. The molecule has 0 saturated carbocycles. The summed E-state index contributed by atoms with van der Waals surface area (Å²) < 4.78 is 4.87. The number of carbonyl (C=O) groups is 2. The molecule has 2 rings (SSSR count). The van der Waals surface area contributed by atoms with Gasteiger partial charge in [-0.2, -0.15) is 0 Å². The van der Waals surface area contributed by atoms with E-state index in [1.807, 2.05) is 37.3 Å². The Hall–Kier alpha value is -2.56. The van der Waals surface area contributed by atoms with E-state index in [9.17, 15) is 9.59 Å². The molecule has 5 nitrogen and oxygen atoms in total. The Morgan fingerprint density at radius 1 is 1.19 bits per heavy atom. The molecule has 1 aromatic carbocycles. The molecule has 5 heteroatoms. The Kier molecular flexibility index (Phi) is 7.22. The maximum Gasteiger partial charge on any atom is 0.328 e. The van der Waals surface area contributed by atoms with Gasteiger partial charge in [0, 0.05) is 30.1 Å². The third-order valence-corrected chi connectivity index (χ3v) is 5.07. The number of esters is 1. The molecule has 2 unspecified atom stereocenters. The first kappa shape index (κ1) is 20.7. The van der Waals surface area contributed by atoms with E-state index in [4.69, 9.17) is 4.74 Å². The zero-order valence-electron chi connectivity index (χ0n) is 16.9. The Balaban J connectivity index is 2.05. The van der Waals surface area contributed by atoms with Gasteiger partial charge < -0.3 is 15.0 Å². The molecule has 0 fully saturated rings. The Bertz CT molecular complexity index is 780. The molecule has 1 heterocycles. The molecule has 1 amide bonds. The van der Waals surface area contributed by atoms with Gasteiger partial charge in [-0.15, -0.1) is 0 Å². The first-order valence-electron chi connectivity index (χ1n) is 9.46. The fraction of sp³-hybridized carbons (Fsp3) is 0.455. The van der Waals surface area contributed by atoms with Crippen molar-refractivity contribution in [2.24, 2.45) is 0 Å². The van der Waals surface area contributed by atoms with Gasteiger partial charge >= 0.3 is 5.97 Å². The number of carbonyl (C=O) groups excluding carboxylic acids is 2. The van der Waals surface area contributed by atoms with Crippen LogP contribution in [0.2, 0.25) is 0 Å². The molecule has 2 aromatic rings. The molecule has 0 spiro atoms. The topological polar surface area (TPSA) is 71.2 Å². The van der Waals surface area contributed by atoms with Crippen LogP contribution in [0.1, 0.15) is 54.3 Å². The van der Waals surface area contributed by atoms with E-state index in [2.05, 4.69) is 31.1 Å². The van der Waals surface area contributed by atoms with Crippen molar-refractivity contribution in [3.8, 4) is 0 Å². The standard InChI is InChI=1S/C22H30N2O3/c1-6-18-15(3)21(23-16(18)4)14(2)12-20(25)24-19(22(26)27-5)13-17-10-8-7-9-11-17/h7-11,14,19,23H,6,12-13H2,1-5H3,(H,24,25). The Labute approximate surface area is 161 Å². The molecule has 0 aliphatic rings. The van der Waals surface area contributed by atoms with Gasteiger partial charge in [-0.3, -0.25) is 4.79 Å². The second kappa shape index (κ2) is 9.40. The van der Waals surface area contributed by atoms with Crippen LogP contribution in [0.3, 0.4) is 0 Å². The zero-order chi connectivity index (χ0) is 20.0. The number of aromatic nitrogens is 1. The number of hydrogen-bond donors (Lipinski definition) is 2. The van der Waals surface area contributed by atoms with E-state index in [1.54, 1.807) is 0 Å². The number of methoxy groups -OCH3 is 1. The van der Waals surface area contributed by atoms with Gasteiger partial charge in [0.05, 0.1) is 7.11 Å². The van der Waals surface area contributed by atoms with Gasteiger partial charge in [0.15, 0.2) is 0 Å². The molecular formula is C22H30N2O3. The predicted molar refractivity (Wildman–Crippen MR) is 107 cm³/mol. The van der Waals surface area contributed by atoms with E-state index in [-0.39, 0.29) is 11.8 Å². The van der Waals surface area contributed by atoms with Gasteiger partial charge in [0.1, 0.15) is 6.04 Å². The highest BCUT2D eigenvalue weighted by Crippen LogP contribution is 2.27. The number of ether oxygens (including phenoxy) is 1. The molecular weight excluding hydrogens is 340 g/mol. The summed E-state index contributed by atoms with van der Waals surface area (Å²) in [5, 5.41) is 2.84. The average Bonchev–Trinajstić information content (AvgIpc) is 2.95. The lowest BCUT2D eigenvalue weighted by molar-refractivity contribution is -0.145. The van der Waals surface area contributed by atoms with E-state index in [0.29, 0.717) is 12.8 Å². The summed E-state index contributed by atoms with van der Waals surface area (Å²) >= 11 is 0. The molecule has 0 radical (unpaired) electrons. The van der Waals surface area contributed by atoms with Crippen molar-refractivity contribution in [1.82, 2.24) is 10.3 Å². The van der Waals surface area contributed by atoms with Crippen LogP contribution in [0.15, 0.2) is 30.3 Å². The van der Waals surface area contributed by atoms with Crippen molar-refractivity contribution in [3.63, 3.8) is 0 Å². The van der Waals surface area contributed by atoms with E-state index in [0.717, 1.165) is 23.4 Å². The summed E-state index contributed by atoms with van der Waals surface area (Å²) in [7, 11) is 1.34. The molecule has 0 aliphatic heterocycles. The van der Waals surface area contributed by atoms with Crippen LogP contribution in [-0.4, -0.2) is 30.0 Å². The molecule has 146 valence electrons. The maximum atomic E-state index is 12.6. The first-order chi connectivity index (χ1) is 12.9. The van der Waals surface area contributed by atoms with Gasteiger partial charge in [-0.05, 0) is 37.0 Å². The van der Waals surface area contributed by atoms with Crippen LogP contribution in [-0.2, 0) is 27.2 Å². The quantitative estimate of drug-likeness (QED) is 0.698. The SMILES string of the molecule is CCc1c(C)[nH]c(C(C)CC(=O)NC(Cc2ccccc2)C(=O)OC)c1C. The molecule has 2 N–H and O–H groups in total. The summed E-state index contributed by atoms with van der Waals surface area (Å²) in [4.78, 5) is 28.1. The number of amides is 1. The number of nitrogens with one attached hydrogen (secondary N) is 2. The fourth-order valence-electron chi connectivity index (χ4n) is 3.66. The van der Waals surface area contributed by atoms with Gasteiger partial charge in [-0.1, -0.05) is 44.2 Å². The minimum Gasteiger partial charge on any atom is -0.467 e. The second-order valence-electron chi connectivity index (χ2n) is 7.06. The van der Waals surface area contributed by atoms with Crippen molar-refractivity contribution in [3.05, 3.63) is 58.4 Å². The monoisotopic (exact) mass is 370 g/mol. The lowest BCUT2D eigenvalue weighted by atomic mass is 9.97. The van der Waals surface area contributed by atoms with Crippen LogP contribution in [0.4, 0.5) is 0 Å². The average molecular weight is 370 g/mol. The third-order valence-electron chi connectivity index (χ3n) is 5.07. The smallest absolute Gasteiger partial charge is 0.328 e. The van der Waals surface area contributed by atoms with Crippen molar-refractivity contribution < 1.29 is 14.3 Å². The van der Waals surface area contributed by atoms with Gasteiger partial charge in [0.2, 0.25) is 5.91 Å². The number of rotatable bonds is 8. The fourth-order valence-corrected chi connectivity index (χ4v) is 3.66. The van der Waals surface area contributed by atoms with E-state index >= 15 is 0 Å². The zero-order valence-corrected chi connectivity index (χ0v) is 16.9. The van der Waals surface area contributed by atoms with Crippen molar-refractivity contribution in [2.45, 2.75) is 58.9 Å². The minimum absolute atomic E-state index is 0.0408. The summed E-state index contributed by atoms with van der Waals surface area (Å²) in [6.45, 7) is 8.32. The van der Waals surface area contributed by atoms with Crippen molar-refractivity contribution >= 4 is 11.9 Å². The highest BCUT2D eigenvalue weighted by molar-refractivity contribution is 5.85. The molecule has 0 saturated heterocycles. The molecule has 0 aliphatic carbocycles. The van der Waals surface area contributed by atoms with Crippen molar-refractivity contribution in [2.75, 3.05) is 7.11 Å². The largest absolute Gasteiger partial charge is 0.467 e. The van der Waals surface area contributed by atoms with Gasteiger partial charge in [-0.25, -0.2) is 4.79 Å². The van der Waals surface area contributed by atoms with Crippen LogP contribution >= 0.6 is 0 Å². The predicted octanol–water partition coefficient (Wildman–Crippen LogP) is 3.59. The number of H-pyrrole nitrogens is 1. The number of benzene rings is 1. The molecule has 0 bridgehead atoms. The third kappa shape index (κ3) is 5.22. The number of hydrogen-bond acceptors (Lipinski definition) is 3. The summed E-state index contributed by atoms with van der Waals surface area (Å²) in [6.07, 6.45) is 1.69. The van der Waals surface area contributed by atoms with Crippen molar-refractivity contribution in [1.29, 1.82) is 0 Å². The van der Waals surface area contributed by atoms with Crippen LogP contribution in [0, 0.1) is 13.8 Å². The number of aryl methyl sites for hydroxylation is 1. The Morgan fingerprint density at radius 3 is 2.41 bits per heavy atom. The van der Waals surface area contributed by atoms with E-state index < -0.39 is 12.0 Å². The summed E-state index contributed by atoms with van der Waals surface area (Å²) in [6, 6.07) is 8.92. The molecule has 2 atom stereocenters. The first-order valence-corrected chi connectivity index (χ1v) is 9.46. The molecule has 1 aromatic heterocycles. The van der Waals surface area contributed by atoms with Crippen LogP contribution in [0.25, 0.3) is 0 Å². The molecule has 27 heavy (non-hydrogen) atoms. The highest BCUT2D eigenvalue weighted by Gasteiger charge is 2.24.